The Kier molecular flexibility index (Phi) is 4.26. The van der Waals surface area contributed by atoms with Crippen molar-refractivity contribution < 1.29 is 9.59 Å². The first-order valence-electron chi connectivity index (χ1n) is 8.89. The lowest BCUT2D eigenvalue weighted by atomic mass is 10.1. The van der Waals surface area contributed by atoms with Crippen molar-refractivity contribution in [2.45, 2.75) is 31.7 Å². The Hall–Kier alpha value is -2.63. The van der Waals surface area contributed by atoms with Crippen molar-refractivity contribution in [3.05, 3.63) is 48.5 Å². The molecule has 2 fully saturated rings. The summed E-state index contributed by atoms with van der Waals surface area (Å²) in [7, 11) is 0. The van der Waals surface area contributed by atoms with E-state index >= 15 is 0 Å². The number of rotatable bonds is 3. The van der Waals surface area contributed by atoms with Crippen LogP contribution in [0.2, 0.25) is 0 Å². The lowest BCUT2D eigenvalue weighted by Gasteiger charge is -2.37. The minimum absolute atomic E-state index is 0.0726. The number of hydrogen-bond donors (Lipinski definition) is 0. The minimum Gasteiger partial charge on any atom is -0.336 e. The predicted octanol–water partition coefficient (Wildman–Crippen LogP) is 2.10. The number of carbonyl (C=O) groups is 2. The van der Waals surface area contributed by atoms with Crippen LogP contribution in [0.5, 0.6) is 0 Å². The summed E-state index contributed by atoms with van der Waals surface area (Å²) in [5.41, 5.74) is 1.57. The molecule has 2 aromatic rings. The smallest absolute Gasteiger partial charge is 0.254 e. The van der Waals surface area contributed by atoms with Gasteiger partial charge in [-0.3, -0.25) is 9.59 Å². The Balaban J connectivity index is 1.42. The molecule has 6 heteroatoms. The van der Waals surface area contributed by atoms with E-state index in [-0.39, 0.29) is 18.4 Å². The van der Waals surface area contributed by atoms with Crippen molar-refractivity contribution in [2.75, 3.05) is 19.6 Å². The van der Waals surface area contributed by atoms with Gasteiger partial charge in [0.25, 0.3) is 5.91 Å². The van der Waals surface area contributed by atoms with Crippen LogP contribution in [-0.4, -0.2) is 56.8 Å². The normalized spacial score (nSPS) is 18.8. The maximum absolute atomic E-state index is 12.7. The minimum atomic E-state index is -0.0726. The van der Waals surface area contributed by atoms with Crippen LogP contribution in [0.25, 0.3) is 5.69 Å². The van der Waals surface area contributed by atoms with E-state index in [1.807, 2.05) is 39.9 Å². The summed E-state index contributed by atoms with van der Waals surface area (Å²) in [6.45, 7) is 1.46. The molecular formula is C19H22N4O2. The molecule has 2 amide bonds. The molecule has 0 spiro atoms. The molecular weight excluding hydrogens is 316 g/mol. The Morgan fingerprint density at radius 2 is 1.84 bits per heavy atom. The van der Waals surface area contributed by atoms with E-state index in [0.717, 1.165) is 18.5 Å². The highest BCUT2D eigenvalue weighted by molar-refractivity contribution is 5.97. The van der Waals surface area contributed by atoms with Gasteiger partial charge in [-0.1, -0.05) is 12.8 Å². The van der Waals surface area contributed by atoms with Crippen LogP contribution >= 0.6 is 0 Å². The fraction of sp³-hybridized carbons (Fsp3) is 0.421. The highest BCUT2D eigenvalue weighted by Gasteiger charge is 2.33. The summed E-state index contributed by atoms with van der Waals surface area (Å²) >= 11 is 0. The van der Waals surface area contributed by atoms with E-state index < -0.39 is 0 Å². The number of hydrogen-bond acceptors (Lipinski definition) is 3. The average Bonchev–Trinajstić information content (AvgIpc) is 3.35. The van der Waals surface area contributed by atoms with E-state index in [4.69, 9.17) is 0 Å². The lowest BCUT2D eigenvalue weighted by Crippen LogP contribution is -2.54. The SMILES string of the molecule is O=C(c1ccc(-n2ccnc2)cc1)N1CCN(C2CCCC2)C(=O)C1. The quantitative estimate of drug-likeness (QED) is 0.861. The molecule has 130 valence electrons. The summed E-state index contributed by atoms with van der Waals surface area (Å²) in [5, 5.41) is 0. The molecule has 1 aromatic heterocycles. The van der Waals surface area contributed by atoms with Crippen LogP contribution in [0.4, 0.5) is 0 Å². The number of imidazole rings is 1. The zero-order valence-corrected chi connectivity index (χ0v) is 14.2. The van der Waals surface area contributed by atoms with Crippen molar-refractivity contribution in [2.24, 2.45) is 0 Å². The van der Waals surface area contributed by atoms with Crippen LogP contribution in [0, 0.1) is 0 Å². The summed E-state index contributed by atoms with van der Waals surface area (Å²) in [5.74, 6) is 0.0122. The van der Waals surface area contributed by atoms with Gasteiger partial charge >= 0.3 is 0 Å². The first-order valence-corrected chi connectivity index (χ1v) is 8.89. The van der Waals surface area contributed by atoms with Gasteiger partial charge in [0.2, 0.25) is 5.91 Å². The van der Waals surface area contributed by atoms with E-state index in [9.17, 15) is 9.59 Å². The topological polar surface area (TPSA) is 58.4 Å². The zero-order chi connectivity index (χ0) is 17.2. The second kappa shape index (κ2) is 6.70. The third-order valence-corrected chi connectivity index (χ3v) is 5.23. The molecule has 0 radical (unpaired) electrons. The number of piperazine rings is 1. The number of benzene rings is 1. The van der Waals surface area contributed by atoms with Gasteiger partial charge < -0.3 is 14.4 Å². The first kappa shape index (κ1) is 15.9. The van der Waals surface area contributed by atoms with Gasteiger partial charge in [-0.15, -0.1) is 0 Å². The molecule has 25 heavy (non-hydrogen) atoms. The van der Waals surface area contributed by atoms with Crippen LogP contribution in [0.3, 0.4) is 0 Å². The molecule has 0 atom stereocenters. The van der Waals surface area contributed by atoms with Gasteiger partial charge in [-0.05, 0) is 37.1 Å². The third-order valence-electron chi connectivity index (χ3n) is 5.23. The molecule has 1 saturated carbocycles. The molecule has 2 aliphatic rings. The number of aromatic nitrogens is 2. The van der Waals surface area contributed by atoms with Crippen molar-refractivity contribution in [1.29, 1.82) is 0 Å². The Labute approximate surface area is 147 Å². The van der Waals surface area contributed by atoms with Crippen molar-refractivity contribution >= 4 is 11.8 Å². The van der Waals surface area contributed by atoms with E-state index in [0.29, 0.717) is 24.7 Å². The average molecular weight is 338 g/mol. The Morgan fingerprint density at radius 1 is 1.08 bits per heavy atom. The van der Waals surface area contributed by atoms with Gasteiger partial charge in [0.15, 0.2) is 0 Å². The molecule has 1 saturated heterocycles. The molecule has 4 rings (SSSR count). The highest BCUT2D eigenvalue weighted by Crippen LogP contribution is 2.25. The molecule has 6 nitrogen and oxygen atoms in total. The Bertz CT molecular complexity index is 748. The first-order chi connectivity index (χ1) is 12.2. The maximum atomic E-state index is 12.7. The number of nitrogens with zero attached hydrogens (tertiary/aromatic N) is 4. The monoisotopic (exact) mass is 338 g/mol. The fourth-order valence-corrected chi connectivity index (χ4v) is 3.83. The maximum Gasteiger partial charge on any atom is 0.254 e. The standard InChI is InChI=1S/C19H22N4O2/c24-18-13-21(11-12-23(18)17-3-1-2-4-17)19(25)15-5-7-16(8-6-15)22-10-9-20-14-22/h5-10,14,17H,1-4,11-13H2. The van der Waals surface area contributed by atoms with Crippen molar-refractivity contribution in [3.63, 3.8) is 0 Å². The van der Waals surface area contributed by atoms with Gasteiger partial charge in [-0.2, -0.15) is 0 Å². The van der Waals surface area contributed by atoms with Gasteiger partial charge in [0, 0.05) is 42.8 Å². The van der Waals surface area contributed by atoms with Crippen molar-refractivity contribution in [3.8, 4) is 5.69 Å². The zero-order valence-electron chi connectivity index (χ0n) is 14.2. The van der Waals surface area contributed by atoms with Crippen molar-refractivity contribution in [1.82, 2.24) is 19.4 Å². The van der Waals surface area contributed by atoms with Crippen LogP contribution < -0.4 is 0 Å². The second-order valence-corrected chi connectivity index (χ2v) is 6.77. The van der Waals surface area contributed by atoms with Crippen LogP contribution in [0.1, 0.15) is 36.0 Å². The molecule has 1 aromatic carbocycles. The third kappa shape index (κ3) is 3.16. The van der Waals surface area contributed by atoms with E-state index in [1.54, 1.807) is 17.4 Å². The summed E-state index contributed by atoms with van der Waals surface area (Å²) in [6.07, 6.45) is 9.93. The van der Waals surface area contributed by atoms with Gasteiger partial charge in [-0.25, -0.2) is 4.98 Å². The second-order valence-electron chi connectivity index (χ2n) is 6.77. The van der Waals surface area contributed by atoms with Gasteiger partial charge in [0.1, 0.15) is 6.54 Å². The van der Waals surface area contributed by atoms with Crippen LogP contribution in [-0.2, 0) is 4.79 Å². The Morgan fingerprint density at radius 3 is 2.48 bits per heavy atom. The van der Waals surface area contributed by atoms with Gasteiger partial charge in [0.05, 0.1) is 6.33 Å². The molecule has 1 aliphatic carbocycles. The van der Waals surface area contributed by atoms with Crippen LogP contribution in [0.15, 0.2) is 43.0 Å². The lowest BCUT2D eigenvalue weighted by molar-refractivity contribution is -0.137. The van der Waals surface area contributed by atoms with E-state index in [2.05, 4.69) is 4.98 Å². The molecule has 2 heterocycles. The largest absolute Gasteiger partial charge is 0.336 e. The van der Waals surface area contributed by atoms with E-state index in [1.165, 1.54) is 12.8 Å². The summed E-state index contributed by atoms with van der Waals surface area (Å²) in [6, 6.07) is 7.80. The predicted molar refractivity (Wildman–Crippen MR) is 93.4 cm³/mol. The summed E-state index contributed by atoms with van der Waals surface area (Å²) in [4.78, 5) is 32.8. The number of amides is 2. The molecule has 1 aliphatic heterocycles. The fourth-order valence-electron chi connectivity index (χ4n) is 3.83. The summed E-state index contributed by atoms with van der Waals surface area (Å²) < 4.78 is 1.89. The highest BCUT2D eigenvalue weighted by atomic mass is 16.2. The number of carbonyl (C=O) groups excluding carboxylic acids is 2. The molecule has 0 N–H and O–H groups in total. The molecule has 0 unspecified atom stereocenters. The molecule has 0 bridgehead atoms.